The van der Waals surface area contributed by atoms with Gasteiger partial charge in [0.05, 0.1) is 18.4 Å². The fraction of sp³-hybridized carbons (Fsp3) is 0.692. The van der Waals surface area contributed by atoms with Gasteiger partial charge in [0.2, 0.25) is 15.9 Å². The summed E-state index contributed by atoms with van der Waals surface area (Å²) >= 11 is 0. The smallest absolute Gasteiger partial charge is 0.227 e. The fourth-order valence-electron chi connectivity index (χ4n) is 2.66. The molecule has 2 rings (SSSR count). The van der Waals surface area contributed by atoms with Gasteiger partial charge in [0.1, 0.15) is 0 Å². The van der Waals surface area contributed by atoms with Crippen LogP contribution in [0.2, 0.25) is 0 Å². The van der Waals surface area contributed by atoms with Crippen LogP contribution in [0.3, 0.4) is 0 Å². The van der Waals surface area contributed by atoms with E-state index >= 15 is 0 Å². The minimum absolute atomic E-state index is 0.00722. The third-order valence-corrected chi connectivity index (χ3v) is 5.03. The van der Waals surface area contributed by atoms with Gasteiger partial charge in [-0.25, -0.2) is 12.7 Å². The second-order valence-electron chi connectivity index (χ2n) is 5.68. The van der Waals surface area contributed by atoms with E-state index in [2.05, 4.69) is 5.10 Å². The first-order valence-corrected chi connectivity index (χ1v) is 8.80. The summed E-state index contributed by atoms with van der Waals surface area (Å²) in [5.74, 6) is -0.262. The maximum Gasteiger partial charge on any atom is 0.227 e. The van der Waals surface area contributed by atoms with Crippen LogP contribution in [0.5, 0.6) is 0 Å². The molecule has 2 heterocycles. The van der Waals surface area contributed by atoms with Gasteiger partial charge in [-0.2, -0.15) is 5.10 Å². The predicted molar refractivity (Wildman–Crippen MR) is 78.8 cm³/mol. The molecular weight excluding hydrogens is 292 g/mol. The highest BCUT2D eigenvalue weighted by Crippen LogP contribution is 2.21. The van der Waals surface area contributed by atoms with Gasteiger partial charge in [-0.15, -0.1) is 0 Å². The van der Waals surface area contributed by atoms with Gasteiger partial charge < -0.3 is 4.90 Å². The van der Waals surface area contributed by atoms with Crippen molar-refractivity contribution in [3.63, 3.8) is 0 Å². The van der Waals surface area contributed by atoms with Crippen LogP contribution in [0.4, 0.5) is 0 Å². The Bertz CT molecular complexity index is 611. The zero-order chi connectivity index (χ0) is 15.6. The highest BCUT2D eigenvalue weighted by Gasteiger charge is 2.31. The van der Waals surface area contributed by atoms with Crippen LogP contribution in [-0.2, 0) is 28.4 Å². The maximum atomic E-state index is 12.5. The molecule has 0 aromatic carbocycles. The van der Waals surface area contributed by atoms with Crippen molar-refractivity contribution >= 4 is 15.9 Å². The largest absolute Gasteiger partial charge is 0.341 e. The number of hydrogen-bond acceptors (Lipinski definition) is 4. The number of hydrogen-bond donors (Lipinski definition) is 0. The van der Waals surface area contributed by atoms with E-state index in [0.29, 0.717) is 13.1 Å². The van der Waals surface area contributed by atoms with E-state index in [4.69, 9.17) is 0 Å². The lowest BCUT2D eigenvalue weighted by molar-refractivity contribution is -0.135. The van der Waals surface area contributed by atoms with Gasteiger partial charge in [0, 0.05) is 45.5 Å². The van der Waals surface area contributed by atoms with Crippen molar-refractivity contribution in [2.75, 3.05) is 26.4 Å². The number of amides is 1. The first-order chi connectivity index (χ1) is 9.77. The quantitative estimate of drug-likeness (QED) is 0.787. The molecule has 1 aliphatic heterocycles. The molecule has 1 aromatic rings. The van der Waals surface area contributed by atoms with E-state index < -0.39 is 10.0 Å². The molecule has 0 aliphatic carbocycles. The van der Waals surface area contributed by atoms with E-state index in [1.165, 1.54) is 10.6 Å². The second kappa shape index (κ2) is 6.15. The van der Waals surface area contributed by atoms with Gasteiger partial charge >= 0.3 is 0 Å². The van der Waals surface area contributed by atoms with E-state index in [0.717, 1.165) is 18.4 Å². The third kappa shape index (κ3) is 4.04. The van der Waals surface area contributed by atoms with Crippen molar-refractivity contribution in [3.8, 4) is 0 Å². The average molecular weight is 314 g/mol. The van der Waals surface area contributed by atoms with Gasteiger partial charge in [-0.3, -0.25) is 9.48 Å². The van der Waals surface area contributed by atoms with Crippen molar-refractivity contribution in [3.05, 3.63) is 18.0 Å². The highest BCUT2D eigenvalue weighted by atomic mass is 32.2. The molecule has 7 nitrogen and oxygen atoms in total. The lowest BCUT2D eigenvalue weighted by atomic mass is 9.98. The van der Waals surface area contributed by atoms with Crippen molar-refractivity contribution in [1.29, 1.82) is 0 Å². The summed E-state index contributed by atoms with van der Waals surface area (Å²) in [6, 6.07) is 0. The van der Waals surface area contributed by atoms with Crippen LogP contribution < -0.4 is 0 Å². The number of rotatable bonds is 4. The fourth-order valence-corrected chi connectivity index (χ4v) is 3.57. The summed E-state index contributed by atoms with van der Waals surface area (Å²) in [5.41, 5.74) is 0.962. The third-order valence-electron chi connectivity index (χ3n) is 3.76. The Morgan fingerprint density at radius 1 is 1.52 bits per heavy atom. The normalized spacial score (nSPS) is 20.4. The molecule has 0 spiro atoms. The van der Waals surface area contributed by atoms with Crippen LogP contribution in [0, 0.1) is 5.92 Å². The molecule has 1 atom stereocenters. The monoisotopic (exact) mass is 314 g/mol. The van der Waals surface area contributed by atoms with Gasteiger partial charge in [-0.1, -0.05) is 0 Å². The molecule has 21 heavy (non-hydrogen) atoms. The number of carbonyl (C=O) groups is 1. The summed E-state index contributed by atoms with van der Waals surface area (Å²) in [4.78, 5) is 14.1. The van der Waals surface area contributed by atoms with Crippen molar-refractivity contribution in [1.82, 2.24) is 19.0 Å². The number of piperidine rings is 1. The Kier molecular flexibility index (Phi) is 4.67. The molecule has 1 amide bonds. The van der Waals surface area contributed by atoms with Crippen molar-refractivity contribution < 1.29 is 13.2 Å². The number of sulfonamides is 1. The maximum absolute atomic E-state index is 12.5. The van der Waals surface area contributed by atoms with E-state index in [1.807, 2.05) is 13.2 Å². The van der Waals surface area contributed by atoms with Crippen LogP contribution >= 0.6 is 0 Å². The number of aromatic nitrogens is 2. The Morgan fingerprint density at radius 2 is 2.24 bits per heavy atom. The Balaban J connectivity index is 1.98. The summed E-state index contributed by atoms with van der Waals surface area (Å²) in [5, 5.41) is 4.08. The number of aryl methyl sites for hydroxylation is 1. The van der Waals surface area contributed by atoms with Gasteiger partial charge in [0.15, 0.2) is 0 Å². The molecule has 0 bridgehead atoms. The Hall–Kier alpha value is -1.41. The van der Waals surface area contributed by atoms with Crippen molar-refractivity contribution in [2.45, 2.75) is 19.4 Å². The predicted octanol–water partition coefficient (Wildman–Crippen LogP) is 0.0501. The minimum atomic E-state index is -3.22. The molecule has 1 aromatic heterocycles. The summed E-state index contributed by atoms with van der Waals surface area (Å²) in [6.07, 6.45) is 6.26. The standard InChI is InChI=1S/C13H22N4O3S/c1-15(8-11-7-14-16(2)9-11)13(18)12-5-4-6-17(10-12)21(3,19)20/h7,9,12H,4-6,8,10H2,1-3H3. The zero-order valence-corrected chi connectivity index (χ0v) is 13.5. The van der Waals surface area contributed by atoms with E-state index in [1.54, 1.807) is 22.8 Å². The van der Waals surface area contributed by atoms with Gasteiger partial charge in [0.25, 0.3) is 0 Å². The molecule has 1 fully saturated rings. The number of nitrogens with zero attached hydrogens (tertiary/aromatic N) is 4. The van der Waals surface area contributed by atoms with E-state index in [9.17, 15) is 13.2 Å². The Morgan fingerprint density at radius 3 is 2.81 bits per heavy atom. The molecule has 1 aliphatic rings. The molecule has 118 valence electrons. The van der Waals surface area contributed by atoms with Gasteiger partial charge in [-0.05, 0) is 12.8 Å². The molecule has 1 unspecified atom stereocenters. The van der Waals surface area contributed by atoms with Crippen LogP contribution in [0.25, 0.3) is 0 Å². The summed E-state index contributed by atoms with van der Waals surface area (Å²) in [6.45, 7) is 1.28. The zero-order valence-electron chi connectivity index (χ0n) is 12.7. The van der Waals surface area contributed by atoms with E-state index in [-0.39, 0.29) is 18.4 Å². The lowest BCUT2D eigenvalue weighted by Gasteiger charge is -2.32. The first kappa shape index (κ1) is 16.0. The molecule has 0 saturated carbocycles. The highest BCUT2D eigenvalue weighted by molar-refractivity contribution is 7.88. The molecule has 0 radical (unpaired) electrons. The average Bonchev–Trinajstić information content (AvgIpc) is 2.82. The van der Waals surface area contributed by atoms with Crippen LogP contribution in [0.1, 0.15) is 18.4 Å². The summed E-state index contributed by atoms with van der Waals surface area (Å²) < 4.78 is 26.3. The molecule has 8 heteroatoms. The summed E-state index contributed by atoms with van der Waals surface area (Å²) in [7, 11) is 0.350. The van der Waals surface area contributed by atoms with Crippen molar-refractivity contribution in [2.24, 2.45) is 13.0 Å². The molecule has 0 N–H and O–H groups in total. The SMILES string of the molecule is CN(Cc1cnn(C)c1)C(=O)C1CCCN(S(C)(=O)=O)C1. The minimum Gasteiger partial charge on any atom is -0.341 e. The lowest BCUT2D eigenvalue weighted by Crippen LogP contribution is -2.45. The second-order valence-corrected chi connectivity index (χ2v) is 7.66. The van der Waals surface area contributed by atoms with Crippen LogP contribution in [-0.4, -0.2) is 59.7 Å². The Labute approximate surface area is 125 Å². The molecule has 1 saturated heterocycles. The first-order valence-electron chi connectivity index (χ1n) is 6.95. The molecular formula is C13H22N4O3S. The number of carbonyl (C=O) groups excluding carboxylic acids is 1. The van der Waals surface area contributed by atoms with Crippen LogP contribution in [0.15, 0.2) is 12.4 Å². The topological polar surface area (TPSA) is 75.5 Å².